The minimum Gasteiger partial charge on any atom is -0.350 e. The maximum atomic E-state index is 12.1. The van der Waals surface area contributed by atoms with Gasteiger partial charge in [0.25, 0.3) is 5.69 Å². The maximum Gasteiger partial charge on any atom is 0.269 e. The molecule has 166 valence electrons. The summed E-state index contributed by atoms with van der Waals surface area (Å²) in [5, 5.41) is 19.6. The van der Waals surface area contributed by atoms with Gasteiger partial charge in [-0.2, -0.15) is 0 Å². The van der Waals surface area contributed by atoms with E-state index in [9.17, 15) is 14.9 Å². The van der Waals surface area contributed by atoms with Crippen molar-refractivity contribution in [3.8, 4) is 0 Å². The number of nitrogens with one attached hydrogen (secondary N) is 2. The monoisotopic (exact) mass is 433 g/mol. The van der Waals surface area contributed by atoms with E-state index in [4.69, 9.17) is 0 Å². The van der Waals surface area contributed by atoms with Gasteiger partial charge in [-0.15, -0.1) is 0 Å². The quantitative estimate of drug-likeness (QED) is 0.257. The van der Waals surface area contributed by atoms with Crippen LogP contribution in [-0.4, -0.2) is 42.3 Å². The number of aliphatic imine (C=N–C) groups is 1. The summed E-state index contributed by atoms with van der Waals surface area (Å²) < 4.78 is 0. The lowest BCUT2D eigenvalue weighted by atomic mass is 10.00. The molecule has 8 nitrogen and oxygen atoms in total. The summed E-state index contributed by atoms with van der Waals surface area (Å²) in [5.74, 6) is 0.409. The SMILES string of the molecule is CC(NC(=NCc1ccc([N+](=O)[O-])cc1)NCC(=O)N(C)C)c1cccc2ccccc12. The van der Waals surface area contributed by atoms with Crippen LogP contribution in [0.5, 0.6) is 0 Å². The third-order valence-electron chi connectivity index (χ3n) is 5.12. The molecule has 0 saturated heterocycles. The molecule has 0 aromatic heterocycles. The summed E-state index contributed by atoms with van der Waals surface area (Å²) in [6, 6.07) is 20.5. The molecular weight excluding hydrogens is 406 g/mol. The zero-order chi connectivity index (χ0) is 23.1. The Balaban J connectivity index is 1.80. The molecular formula is C24H27N5O3. The number of hydrogen-bond donors (Lipinski definition) is 2. The first-order chi connectivity index (χ1) is 15.3. The van der Waals surface area contributed by atoms with Crippen LogP contribution < -0.4 is 10.6 Å². The number of carbonyl (C=O) groups excluding carboxylic acids is 1. The predicted octanol–water partition coefficient (Wildman–Crippen LogP) is 3.63. The number of likely N-dealkylation sites (N-methyl/N-ethyl adjacent to an activating group) is 1. The molecule has 0 heterocycles. The van der Waals surface area contributed by atoms with Gasteiger partial charge >= 0.3 is 0 Å². The van der Waals surface area contributed by atoms with E-state index in [1.807, 2.05) is 25.1 Å². The fourth-order valence-electron chi connectivity index (χ4n) is 3.27. The van der Waals surface area contributed by atoms with E-state index in [1.54, 1.807) is 26.2 Å². The molecule has 3 rings (SSSR count). The van der Waals surface area contributed by atoms with Crippen molar-refractivity contribution >= 4 is 28.3 Å². The average Bonchev–Trinajstić information content (AvgIpc) is 2.80. The number of carbonyl (C=O) groups is 1. The van der Waals surface area contributed by atoms with Crippen LogP contribution in [0.3, 0.4) is 0 Å². The van der Waals surface area contributed by atoms with E-state index in [0.29, 0.717) is 12.5 Å². The summed E-state index contributed by atoms with van der Waals surface area (Å²) in [4.78, 5) is 28.6. The molecule has 1 amide bonds. The van der Waals surface area contributed by atoms with E-state index in [0.717, 1.165) is 21.9 Å². The fraction of sp³-hybridized carbons (Fsp3) is 0.250. The lowest BCUT2D eigenvalue weighted by molar-refractivity contribution is -0.384. The molecule has 1 unspecified atom stereocenters. The van der Waals surface area contributed by atoms with Crippen LogP contribution in [-0.2, 0) is 11.3 Å². The van der Waals surface area contributed by atoms with Crippen molar-refractivity contribution in [3.05, 3.63) is 88.0 Å². The van der Waals surface area contributed by atoms with Gasteiger partial charge in [0.1, 0.15) is 0 Å². The van der Waals surface area contributed by atoms with Gasteiger partial charge < -0.3 is 15.5 Å². The summed E-state index contributed by atoms with van der Waals surface area (Å²) in [7, 11) is 3.40. The van der Waals surface area contributed by atoms with Gasteiger partial charge in [-0.05, 0) is 28.8 Å². The smallest absolute Gasteiger partial charge is 0.269 e. The first kappa shape index (κ1) is 22.7. The highest BCUT2D eigenvalue weighted by Gasteiger charge is 2.13. The highest BCUT2D eigenvalue weighted by atomic mass is 16.6. The Morgan fingerprint density at radius 1 is 1.06 bits per heavy atom. The summed E-state index contributed by atoms with van der Waals surface area (Å²) in [5.41, 5.74) is 1.98. The molecule has 0 radical (unpaired) electrons. The van der Waals surface area contributed by atoms with Gasteiger partial charge in [-0.3, -0.25) is 14.9 Å². The molecule has 1 atom stereocenters. The Kier molecular flexibility index (Phi) is 7.38. The van der Waals surface area contributed by atoms with Crippen LogP contribution in [0.1, 0.15) is 24.1 Å². The number of nitrogens with zero attached hydrogens (tertiary/aromatic N) is 3. The number of guanidine groups is 1. The lowest BCUT2D eigenvalue weighted by Crippen LogP contribution is -2.43. The van der Waals surface area contributed by atoms with Gasteiger partial charge in [0.15, 0.2) is 5.96 Å². The standard InChI is InChI=1S/C24H27N5O3/c1-17(21-10-6-8-19-7-4-5-9-22(19)21)27-24(26-16-23(30)28(2)3)25-15-18-11-13-20(14-12-18)29(31)32/h4-14,17H,15-16H2,1-3H3,(H2,25,26,27). The average molecular weight is 434 g/mol. The van der Waals surface area contributed by atoms with Gasteiger partial charge in [0, 0.05) is 26.2 Å². The Morgan fingerprint density at radius 2 is 1.75 bits per heavy atom. The second-order valence-corrected chi connectivity index (χ2v) is 7.66. The first-order valence-electron chi connectivity index (χ1n) is 10.3. The number of fused-ring (bicyclic) bond motifs is 1. The molecule has 3 aromatic rings. The van der Waals surface area contributed by atoms with Crippen molar-refractivity contribution in [2.75, 3.05) is 20.6 Å². The number of hydrogen-bond acceptors (Lipinski definition) is 4. The molecule has 3 aromatic carbocycles. The Bertz CT molecular complexity index is 1120. The van der Waals surface area contributed by atoms with Crippen LogP contribution in [0.4, 0.5) is 5.69 Å². The zero-order valence-electron chi connectivity index (χ0n) is 18.4. The third kappa shape index (κ3) is 5.81. The Labute approximate surface area is 187 Å². The number of non-ortho nitro benzene ring substituents is 1. The van der Waals surface area contributed by atoms with E-state index < -0.39 is 4.92 Å². The first-order valence-corrected chi connectivity index (χ1v) is 10.3. The molecule has 32 heavy (non-hydrogen) atoms. The van der Waals surface area contributed by atoms with Crippen LogP contribution in [0, 0.1) is 10.1 Å². The molecule has 8 heteroatoms. The molecule has 2 N–H and O–H groups in total. The Hall–Kier alpha value is -3.94. The fourth-order valence-corrected chi connectivity index (χ4v) is 3.27. The molecule has 0 aliphatic heterocycles. The van der Waals surface area contributed by atoms with Crippen molar-refractivity contribution in [1.29, 1.82) is 0 Å². The topological polar surface area (TPSA) is 99.9 Å². The molecule has 0 spiro atoms. The van der Waals surface area contributed by atoms with Crippen molar-refractivity contribution < 1.29 is 9.72 Å². The van der Waals surface area contributed by atoms with Crippen molar-refractivity contribution in [3.63, 3.8) is 0 Å². The second-order valence-electron chi connectivity index (χ2n) is 7.66. The number of rotatable bonds is 7. The van der Waals surface area contributed by atoms with E-state index >= 15 is 0 Å². The second kappa shape index (κ2) is 10.4. The van der Waals surface area contributed by atoms with Gasteiger partial charge in [0.05, 0.1) is 24.1 Å². The van der Waals surface area contributed by atoms with Crippen LogP contribution in [0.25, 0.3) is 10.8 Å². The number of benzene rings is 3. The van der Waals surface area contributed by atoms with Crippen molar-refractivity contribution in [1.82, 2.24) is 15.5 Å². The number of nitro groups is 1. The minimum absolute atomic E-state index is 0.0374. The molecule has 0 fully saturated rings. The normalized spacial score (nSPS) is 12.3. The highest BCUT2D eigenvalue weighted by Crippen LogP contribution is 2.24. The predicted molar refractivity (Wildman–Crippen MR) is 126 cm³/mol. The summed E-state index contributed by atoms with van der Waals surface area (Å²) >= 11 is 0. The number of amides is 1. The highest BCUT2D eigenvalue weighted by molar-refractivity contribution is 5.89. The summed E-state index contributed by atoms with van der Waals surface area (Å²) in [6.07, 6.45) is 0. The largest absolute Gasteiger partial charge is 0.350 e. The Morgan fingerprint density at radius 3 is 2.44 bits per heavy atom. The lowest BCUT2D eigenvalue weighted by Gasteiger charge is -2.21. The van der Waals surface area contributed by atoms with Gasteiger partial charge in [0.2, 0.25) is 5.91 Å². The number of nitro benzene ring substituents is 1. The minimum atomic E-state index is -0.430. The van der Waals surface area contributed by atoms with Crippen molar-refractivity contribution in [2.45, 2.75) is 19.5 Å². The van der Waals surface area contributed by atoms with E-state index in [2.05, 4.69) is 39.9 Å². The van der Waals surface area contributed by atoms with Crippen molar-refractivity contribution in [2.24, 2.45) is 4.99 Å². The molecule has 0 aliphatic carbocycles. The zero-order valence-corrected chi connectivity index (χ0v) is 18.4. The molecule has 0 aliphatic rings. The maximum absolute atomic E-state index is 12.1. The molecule has 0 bridgehead atoms. The van der Waals surface area contributed by atoms with Gasteiger partial charge in [-0.1, -0.05) is 54.6 Å². The van der Waals surface area contributed by atoms with Gasteiger partial charge in [-0.25, -0.2) is 4.99 Å². The van der Waals surface area contributed by atoms with Crippen LogP contribution in [0.15, 0.2) is 71.7 Å². The molecule has 0 saturated carbocycles. The third-order valence-corrected chi connectivity index (χ3v) is 5.12. The van der Waals surface area contributed by atoms with E-state index in [-0.39, 0.29) is 24.2 Å². The van der Waals surface area contributed by atoms with E-state index in [1.165, 1.54) is 17.0 Å². The van der Waals surface area contributed by atoms with Crippen LogP contribution in [0.2, 0.25) is 0 Å². The van der Waals surface area contributed by atoms with Crippen LogP contribution >= 0.6 is 0 Å². The summed E-state index contributed by atoms with van der Waals surface area (Å²) in [6.45, 7) is 2.45.